The van der Waals surface area contributed by atoms with Gasteiger partial charge in [-0.05, 0) is 24.4 Å². The van der Waals surface area contributed by atoms with Crippen molar-refractivity contribution in [2.45, 2.75) is 0 Å². The number of hydrogen-bond acceptors (Lipinski definition) is 3. The van der Waals surface area contributed by atoms with Crippen molar-refractivity contribution in [1.29, 1.82) is 0 Å². The van der Waals surface area contributed by atoms with Crippen molar-refractivity contribution in [3.8, 4) is 22.9 Å². The zero-order chi connectivity index (χ0) is 11.7. The molecule has 3 rings (SSSR count). The lowest BCUT2D eigenvalue weighted by molar-refractivity contribution is 0.592. The Hall–Kier alpha value is -2.14. The molecule has 0 aliphatic heterocycles. The van der Waals surface area contributed by atoms with Crippen LogP contribution < -0.4 is 0 Å². The lowest BCUT2D eigenvalue weighted by Crippen LogP contribution is -1.76. The van der Waals surface area contributed by atoms with Gasteiger partial charge in [-0.25, -0.2) is 0 Å². The highest BCUT2D eigenvalue weighted by atomic mass is 32.1. The number of aromatic amines is 2. The molecule has 0 aliphatic carbocycles. The number of benzene rings is 1. The molecule has 0 saturated heterocycles. The van der Waals surface area contributed by atoms with E-state index in [0.29, 0.717) is 16.4 Å². The largest absolute Gasteiger partial charge is 0.453 e. The highest BCUT2D eigenvalue weighted by Gasteiger charge is 2.08. The van der Waals surface area contributed by atoms with E-state index in [2.05, 4.69) is 15.2 Å². The SMILES string of the molecule is S=c1nc(-c2ccc(-c3ccccc3)o2)[nH][nH]1. The molecular formula is C12H9N3OS. The van der Waals surface area contributed by atoms with Gasteiger partial charge in [0.05, 0.1) is 0 Å². The quantitative estimate of drug-likeness (QED) is 0.678. The zero-order valence-corrected chi connectivity index (χ0v) is 9.62. The van der Waals surface area contributed by atoms with Gasteiger partial charge in [0.25, 0.3) is 0 Å². The Morgan fingerprint density at radius 3 is 2.41 bits per heavy atom. The van der Waals surface area contributed by atoms with Crippen LogP contribution in [0.1, 0.15) is 0 Å². The van der Waals surface area contributed by atoms with Crippen molar-refractivity contribution >= 4 is 12.2 Å². The molecule has 0 atom stereocenters. The number of H-pyrrole nitrogens is 2. The standard InChI is InChI=1S/C12H9N3OS/c17-12-13-11(14-15-12)10-7-6-9(16-10)8-4-2-1-3-5-8/h1-7H,(H2,13,14,15,17). The van der Waals surface area contributed by atoms with Crippen molar-refractivity contribution in [3.63, 3.8) is 0 Å². The molecule has 17 heavy (non-hydrogen) atoms. The fourth-order valence-corrected chi connectivity index (χ4v) is 1.75. The predicted molar refractivity (Wildman–Crippen MR) is 66.9 cm³/mol. The Labute approximate surface area is 102 Å². The van der Waals surface area contributed by atoms with E-state index in [4.69, 9.17) is 16.6 Å². The minimum atomic E-state index is 0.415. The summed E-state index contributed by atoms with van der Waals surface area (Å²) in [5.41, 5.74) is 1.04. The van der Waals surface area contributed by atoms with E-state index >= 15 is 0 Å². The molecule has 0 amide bonds. The van der Waals surface area contributed by atoms with Crippen LogP contribution in [0.5, 0.6) is 0 Å². The minimum Gasteiger partial charge on any atom is -0.453 e. The molecule has 0 saturated carbocycles. The highest BCUT2D eigenvalue weighted by molar-refractivity contribution is 7.71. The van der Waals surface area contributed by atoms with Crippen molar-refractivity contribution in [2.24, 2.45) is 0 Å². The second-order valence-electron chi connectivity index (χ2n) is 3.55. The maximum Gasteiger partial charge on any atom is 0.213 e. The number of furan rings is 1. The third-order valence-corrected chi connectivity index (χ3v) is 2.59. The van der Waals surface area contributed by atoms with Crippen molar-refractivity contribution in [3.05, 3.63) is 47.2 Å². The molecule has 0 aliphatic rings. The number of rotatable bonds is 2. The molecule has 0 bridgehead atoms. The van der Waals surface area contributed by atoms with Crippen LogP contribution in [0.2, 0.25) is 0 Å². The third-order valence-electron chi connectivity index (χ3n) is 2.40. The maximum absolute atomic E-state index is 5.71. The number of hydrogen-bond donors (Lipinski definition) is 2. The van der Waals surface area contributed by atoms with Crippen molar-refractivity contribution in [2.75, 3.05) is 0 Å². The smallest absolute Gasteiger partial charge is 0.213 e. The number of nitrogens with zero attached hydrogens (tertiary/aromatic N) is 1. The van der Waals surface area contributed by atoms with Crippen LogP contribution in [0.15, 0.2) is 46.9 Å². The molecule has 2 aromatic heterocycles. The molecular weight excluding hydrogens is 234 g/mol. The summed E-state index contributed by atoms with van der Waals surface area (Å²) in [5, 5.41) is 5.59. The Morgan fingerprint density at radius 1 is 0.941 bits per heavy atom. The van der Waals surface area contributed by atoms with Gasteiger partial charge in [0.1, 0.15) is 5.76 Å². The molecule has 4 nitrogen and oxygen atoms in total. The second kappa shape index (κ2) is 4.03. The molecule has 84 valence electrons. The summed E-state index contributed by atoms with van der Waals surface area (Å²) in [6.45, 7) is 0. The van der Waals surface area contributed by atoms with Crippen LogP contribution in [-0.2, 0) is 0 Å². The van der Waals surface area contributed by atoms with Gasteiger partial charge in [0, 0.05) is 5.56 Å². The van der Waals surface area contributed by atoms with Crippen LogP contribution in [0.4, 0.5) is 0 Å². The van der Waals surface area contributed by atoms with Gasteiger partial charge in [-0.15, -0.1) is 0 Å². The molecule has 5 heteroatoms. The Balaban J connectivity index is 2.01. The average Bonchev–Trinajstić information content (AvgIpc) is 2.98. The highest BCUT2D eigenvalue weighted by Crippen LogP contribution is 2.25. The number of nitrogens with one attached hydrogen (secondary N) is 2. The molecule has 2 heterocycles. The van der Waals surface area contributed by atoms with E-state index in [1.54, 1.807) is 0 Å². The van der Waals surface area contributed by atoms with Gasteiger partial charge in [-0.3, -0.25) is 10.2 Å². The summed E-state index contributed by atoms with van der Waals surface area (Å²) in [6.07, 6.45) is 0. The Bertz CT molecular complexity index is 681. The van der Waals surface area contributed by atoms with E-state index in [-0.39, 0.29) is 0 Å². The normalized spacial score (nSPS) is 10.6. The van der Waals surface area contributed by atoms with Gasteiger partial charge in [0.15, 0.2) is 11.6 Å². The molecule has 1 aromatic carbocycles. The number of aromatic nitrogens is 3. The topological polar surface area (TPSA) is 57.6 Å². The van der Waals surface area contributed by atoms with Crippen LogP contribution in [0.25, 0.3) is 22.9 Å². The van der Waals surface area contributed by atoms with Gasteiger partial charge in [0.2, 0.25) is 4.77 Å². The lowest BCUT2D eigenvalue weighted by atomic mass is 10.2. The average molecular weight is 243 g/mol. The minimum absolute atomic E-state index is 0.415. The first-order chi connectivity index (χ1) is 8.33. The van der Waals surface area contributed by atoms with Crippen LogP contribution >= 0.6 is 12.2 Å². The van der Waals surface area contributed by atoms with E-state index in [1.165, 1.54) is 0 Å². The van der Waals surface area contributed by atoms with Crippen LogP contribution in [0, 0.1) is 4.77 Å². The summed E-state index contributed by atoms with van der Waals surface area (Å²) in [4.78, 5) is 4.10. The van der Waals surface area contributed by atoms with E-state index < -0.39 is 0 Å². The van der Waals surface area contributed by atoms with Gasteiger partial charge < -0.3 is 4.42 Å². The molecule has 0 radical (unpaired) electrons. The molecule has 0 spiro atoms. The van der Waals surface area contributed by atoms with Crippen molar-refractivity contribution in [1.82, 2.24) is 15.2 Å². The molecule has 0 unspecified atom stereocenters. The summed E-state index contributed by atoms with van der Waals surface area (Å²) in [6, 6.07) is 13.7. The summed E-state index contributed by atoms with van der Waals surface area (Å²) < 4.78 is 6.12. The first-order valence-electron chi connectivity index (χ1n) is 5.13. The van der Waals surface area contributed by atoms with Gasteiger partial charge >= 0.3 is 0 Å². The Kier molecular flexibility index (Phi) is 2.38. The second-order valence-corrected chi connectivity index (χ2v) is 3.93. The molecule has 2 N–H and O–H groups in total. The monoisotopic (exact) mass is 243 g/mol. The third kappa shape index (κ3) is 1.92. The molecule has 3 aromatic rings. The maximum atomic E-state index is 5.71. The first-order valence-corrected chi connectivity index (χ1v) is 5.54. The van der Waals surface area contributed by atoms with E-state index in [9.17, 15) is 0 Å². The summed E-state index contributed by atoms with van der Waals surface area (Å²) in [5.74, 6) is 2.08. The fourth-order valence-electron chi connectivity index (χ4n) is 1.61. The first kappa shape index (κ1) is 10.0. The lowest BCUT2D eigenvalue weighted by Gasteiger charge is -1.94. The zero-order valence-electron chi connectivity index (χ0n) is 8.81. The predicted octanol–water partition coefficient (Wildman–Crippen LogP) is 3.39. The van der Waals surface area contributed by atoms with Crippen molar-refractivity contribution < 1.29 is 4.42 Å². The van der Waals surface area contributed by atoms with Crippen LogP contribution in [-0.4, -0.2) is 15.2 Å². The summed E-state index contributed by atoms with van der Waals surface area (Å²) >= 11 is 4.89. The Morgan fingerprint density at radius 2 is 1.71 bits per heavy atom. The van der Waals surface area contributed by atoms with Crippen LogP contribution in [0.3, 0.4) is 0 Å². The van der Waals surface area contributed by atoms with Gasteiger partial charge in [-0.2, -0.15) is 4.98 Å². The van der Waals surface area contributed by atoms with Gasteiger partial charge in [-0.1, -0.05) is 30.3 Å². The van der Waals surface area contributed by atoms with E-state index in [0.717, 1.165) is 11.3 Å². The summed E-state index contributed by atoms with van der Waals surface area (Å²) in [7, 11) is 0. The molecule has 0 fully saturated rings. The van der Waals surface area contributed by atoms with E-state index in [1.807, 2.05) is 42.5 Å². The fraction of sp³-hybridized carbons (Fsp3) is 0.